The minimum atomic E-state index is 0.122. The van der Waals surface area contributed by atoms with E-state index in [0.717, 1.165) is 62.6 Å². The van der Waals surface area contributed by atoms with Crippen molar-refractivity contribution in [3.8, 4) is 0 Å². The Morgan fingerprint density at radius 3 is 2.47 bits per heavy atom. The van der Waals surface area contributed by atoms with Gasteiger partial charge in [0.1, 0.15) is 12.1 Å². The zero-order chi connectivity index (χ0) is 20.5. The molecule has 2 aromatic rings. The second kappa shape index (κ2) is 8.22. The second-order valence-corrected chi connectivity index (χ2v) is 8.72. The Morgan fingerprint density at radius 1 is 1.00 bits per heavy atom. The third-order valence-corrected chi connectivity index (χ3v) is 6.74. The zero-order valence-electron chi connectivity index (χ0n) is 17.7. The molecule has 0 atom stereocenters. The van der Waals surface area contributed by atoms with Gasteiger partial charge in [0.2, 0.25) is 0 Å². The van der Waals surface area contributed by atoms with Crippen molar-refractivity contribution in [2.45, 2.75) is 44.9 Å². The first-order chi connectivity index (χ1) is 14.7. The fourth-order valence-electron chi connectivity index (χ4n) is 4.70. The van der Waals surface area contributed by atoms with Gasteiger partial charge in [0.25, 0.3) is 0 Å². The molecule has 0 radical (unpaired) electrons. The highest BCUT2D eigenvalue weighted by atomic mass is 16.2. The van der Waals surface area contributed by atoms with Crippen molar-refractivity contribution in [1.82, 2.24) is 24.7 Å². The fraction of sp³-hybridized carbons (Fsp3) is 0.522. The predicted molar refractivity (Wildman–Crippen MR) is 116 cm³/mol. The van der Waals surface area contributed by atoms with Gasteiger partial charge in [-0.05, 0) is 24.8 Å². The molecule has 0 unspecified atom stereocenters. The van der Waals surface area contributed by atoms with Crippen molar-refractivity contribution in [1.29, 1.82) is 0 Å². The molecule has 1 saturated carbocycles. The van der Waals surface area contributed by atoms with Gasteiger partial charge in [0.15, 0.2) is 0 Å². The van der Waals surface area contributed by atoms with Gasteiger partial charge in [-0.15, -0.1) is 0 Å². The number of amides is 2. The molecule has 2 amide bonds. The summed E-state index contributed by atoms with van der Waals surface area (Å²) in [6.45, 7) is 6.10. The molecule has 1 aliphatic carbocycles. The Labute approximate surface area is 178 Å². The van der Waals surface area contributed by atoms with Gasteiger partial charge in [-0.25, -0.2) is 14.8 Å². The molecule has 30 heavy (non-hydrogen) atoms. The van der Waals surface area contributed by atoms with Crippen molar-refractivity contribution < 1.29 is 4.79 Å². The van der Waals surface area contributed by atoms with Crippen molar-refractivity contribution in [3.63, 3.8) is 0 Å². The minimum Gasteiger partial charge on any atom is -0.354 e. The van der Waals surface area contributed by atoms with E-state index in [-0.39, 0.29) is 6.03 Å². The van der Waals surface area contributed by atoms with Crippen LogP contribution in [0.1, 0.15) is 36.1 Å². The maximum Gasteiger partial charge on any atom is 0.320 e. The topological polar surface area (TPSA) is 55.8 Å². The van der Waals surface area contributed by atoms with Crippen molar-refractivity contribution in [2.75, 3.05) is 38.1 Å². The predicted octanol–water partition coefficient (Wildman–Crippen LogP) is 2.72. The van der Waals surface area contributed by atoms with E-state index in [1.807, 2.05) is 11.9 Å². The number of piperazine rings is 1. The van der Waals surface area contributed by atoms with Crippen LogP contribution in [0, 0.1) is 0 Å². The molecule has 1 saturated heterocycles. The first kappa shape index (κ1) is 19.3. The van der Waals surface area contributed by atoms with Gasteiger partial charge in [-0.3, -0.25) is 4.90 Å². The average molecular weight is 407 g/mol. The summed E-state index contributed by atoms with van der Waals surface area (Å²) < 4.78 is 0. The number of fused-ring (bicyclic) bond motifs is 1. The number of nitrogens with zero attached hydrogens (tertiary/aromatic N) is 6. The summed E-state index contributed by atoms with van der Waals surface area (Å²) in [4.78, 5) is 30.9. The molecule has 1 aromatic heterocycles. The van der Waals surface area contributed by atoms with Gasteiger partial charge >= 0.3 is 6.03 Å². The molecule has 2 fully saturated rings. The van der Waals surface area contributed by atoms with E-state index < -0.39 is 0 Å². The number of benzene rings is 1. The van der Waals surface area contributed by atoms with Crippen LogP contribution >= 0.6 is 0 Å². The molecule has 2 aliphatic heterocycles. The van der Waals surface area contributed by atoms with E-state index in [1.54, 1.807) is 11.2 Å². The normalized spacial score (nSPS) is 20.7. The quantitative estimate of drug-likeness (QED) is 0.782. The summed E-state index contributed by atoms with van der Waals surface area (Å²) in [6, 6.07) is 11.1. The summed E-state index contributed by atoms with van der Waals surface area (Å²) in [6.07, 6.45) is 5.10. The van der Waals surface area contributed by atoms with Crippen LogP contribution in [0.5, 0.6) is 0 Å². The number of anilines is 1. The highest BCUT2D eigenvalue weighted by Crippen LogP contribution is 2.32. The van der Waals surface area contributed by atoms with Gasteiger partial charge in [-0.1, -0.05) is 30.3 Å². The van der Waals surface area contributed by atoms with Gasteiger partial charge < -0.3 is 14.7 Å². The van der Waals surface area contributed by atoms with E-state index in [9.17, 15) is 4.79 Å². The lowest BCUT2D eigenvalue weighted by Gasteiger charge is -2.39. The number of aromatic nitrogens is 2. The number of hydrogen-bond acceptors (Lipinski definition) is 5. The Kier molecular flexibility index (Phi) is 5.29. The number of urea groups is 1. The molecule has 1 aromatic carbocycles. The molecule has 3 aliphatic rings. The molecule has 7 heteroatoms. The van der Waals surface area contributed by atoms with Crippen molar-refractivity contribution in [2.24, 2.45) is 0 Å². The standard InChI is InChI=1S/C23H30N6O/c1-26-16-21-20(15-29(23(26)30)19-8-5-9-19)22(25-17-24-21)28-12-10-27(11-13-28)14-18-6-3-2-4-7-18/h2-4,6-7,17,19H,5,8-16H2,1H3. The Bertz CT molecular complexity index is 892. The molecule has 5 rings (SSSR count). The van der Waals surface area contributed by atoms with E-state index >= 15 is 0 Å². The lowest BCUT2D eigenvalue weighted by atomic mass is 9.91. The number of rotatable bonds is 4. The lowest BCUT2D eigenvalue weighted by Crippen LogP contribution is -2.48. The minimum absolute atomic E-state index is 0.122. The van der Waals surface area contributed by atoms with Crippen molar-refractivity contribution in [3.05, 3.63) is 53.5 Å². The molecule has 7 nitrogen and oxygen atoms in total. The molecule has 0 spiro atoms. The monoisotopic (exact) mass is 406 g/mol. The van der Waals surface area contributed by atoms with Gasteiger partial charge in [0.05, 0.1) is 18.8 Å². The first-order valence-corrected chi connectivity index (χ1v) is 11.0. The number of hydrogen-bond donors (Lipinski definition) is 0. The van der Waals surface area contributed by atoms with Crippen molar-refractivity contribution >= 4 is 11.8 Å². The highest BCUT2D eigenvalue weighted by Gasteiger charge is 2.35. The highest BCUT2D eigenvalue weighted by molar-refractivity contribution is 5.76. The molecular weight excluding hydrogens is 376 g/mol. The van der Waals surface area contributed by atoms with E-state index in [0.29, 0.717) is 19.1 Å². The SMILES string of the molecule is CN1Cc2ncnc(N3CCN(Cc4ccccc4)CC3)c2CN(C2CCC2)C1=O. The average Bonchev–Trinajstić information content (AvgIpc) is 2.85. The Balaban J connectivity index is 1.33. The van der Waals surface area contributed by atoms with Crippen LogP contribution in [0.25, 0.3) is 0 Å². The molecule has 0 N–H and O–H groups in total. The lowest BCUT2D eigenvalue weighted by molar-refractivity contribution is 0.111. The summed E-state index contributed by atoms with van der Waals surface area (Å²) >= 11 is 0. The summed E-state index contributed by atoms with van der Waals surface area (Å²) in [5, 5.41) is 0. The maximum absolute atomic E-state index is 12.9. The van der Waals surface area contributed by atoms with Crippen LogP contribution in [0.3, 0.4) is 0 Å². The van der Waals surface area contributed by atoms with Crippen LogP contribution in [-0.4, -0.2) is 70.0 Å². The Morgan fingerprint density at radius 2 is 1.77 bits per heavy atom. The summed E-state index contributed by atoms with van der Waals surface area (Å²) in [7, 11) is 1.88. The smallest absolute Gasteiger partial charge is 0.320 e. The van der Waals surface area contributed by atoms with E-state index in [1.165, 1.54) is 12.0 Å². The van der Waals surface area contributed by atoms with Crippen LogP contribution in [-0.2, 0) is 19.6 Å². The van der Waals surface area contributed by atoms with Gasteiger partial charge in [-0.2, -0.15) is 0 Å². The summed E-state index contributed by atoms with van der Waals surface area (Å²) in [5.74, 6) is 1.02. The molecule has 3 heterocycles. The van der Waals surface area contributed by atoms with Crippen LogP contribution in [0.4, 0.5) is 10.6 Å². The third-order valence-electron chi connectivity index (χ3n) is 6.74. The van der Waals surface area contributed by atoms with E-state index in [4.69, 9.17) is 4.98 Å². The third kappa shape index (κ3) is 3.74. The zero-order valence-corrected chi connectivity index (χ0v) is 17.7. The van der Waals surface area contributed by atoms with Crippen LogP contribution in [0.15, 0.2) is 36.7 Å². The van der Waals surface area contributed by atoms with Crippen LogP contribution < -0.4 is 4.90 Å². The second-order valence-electron chi connectivity index (χ2n) is 8.72. The number of carbonyl (C=O) groups is 1. The summed E-state index contributed by atoms with van der Waals surface area (Å²) in [5.41, 5.74) is 3.49. The number of carbonyl (C=O) groups excluding carboxylic acids is 1. The van der Waals surface area contributed by atoms with Crippen LogP contribution in [0.2, 0.25) is 0 Å². The van der Waals surface area contributed by atoms with E-state index in [2.05, 4.69) is 45.1 Å². The molecule has 0 bridgehead atoms. The maximum atomic E-state index is 12.9. The molecular formula is C23H30N6O. The largest absolute Gasteiger partial charge is 0.354 e. The first-order valence-electron chi connectivity index (χ1n) is 11.0. The molecule has 158 valence electrons. The fourth-order valence-corrected chi connectivity index (χ4v) is 4.70. The van der Waals surface area contributed by atoms with Gasteiger partial charge in [0, 0.05) is 51.4 Å². The Hall–Kier alpha value is -2.67.